The van der Waals surface area contributed by atoms with Crippen LogP contribution in [0.4, 0.5) is 16.2 Å². The highest BCUT2D eigenvalue weighted by Gasteiger charge is 2.28. The molecule has 4 rings (SSSR count). The number of hydrogen-bond donors (Lipinski definition) is 3. The Morgan fingerprint density at radius 2 is 1.79 bits per heavy atom. The van der Waals surface area contributed by atoms with Gasteiger partial charge in [-0.1, -0.05) is 30.3 Å². The lowest BCUT2D eigenvalue weighted by Gasteiger charge is -2.37. The summed E-state index contributed by atoms with van der Waals surface area (Å²) in [6, 6.07) is 18.1. The fourth-order valence-corrected chi connectivity index (χ4v) is 4.91. The van der Waals surface area contributed by atoms with Gasteiger partial charge in [0.1, 0.15) is 11.8 Å². The van der Waals surface area contributed by atoms with Gasteiger partial charge in [0.2, 0.25) is 5.96 Å². The van der Waals surface area contributed by atoms with Crippen LogP contribution in [-0.4, -0.2) is 65.6 Å². The van der Waals surface area contributed by atoms with Gasteiger partial charge >= 0.3 is 6.09 Å². The molecule has 2 aromatic carbocycles. The number of carbonyl (C=O) groups excluding carboxylic acids is 1. The van der Waals surface area contributed by atoms with Crippen LogP contribution < -0.4 is 15.5 Å². The van der Waals surface area contributed by atoms with Crippen LogP contribution in [0, 0.1) is 5.92 Å². The smallest absolute Gasteiger partial charge is 0.407 e. The largest absolute Gasteiger partial charge is 0.465 e. The Balaban J connectivity index is 1.29. The van der Waals surface area contributed by atoms with Crippen LogP contribution in [0.3, 0.4) is 0 Å². The van der Waals surface area contributed by atoms with E-state index in [0.717, 1.165) is 49.3 Å². The third-order valence-corrected chi connectivity index (χ3v) is 7.22. The molecule has 0 bridgehead atoms. The van der Waals surface area contributed by atoms with Crippen molar-refractivity contribution < 1.29 is 14.7 Å². The monoisotopic (exact) mass is 530 g/mol. The summed E-state index contributed by atoms with van der Waals surface area (Å²) in [5.41, 5.74) is 3.14. The number of aliphatic imine (C=N–C) groups is 2. The van der Waals surface area contributed by atoms with Crippen LogP contribution in [0.15, 0.2) is 70.2 Å². The molecule has 2 aromatic rings. The standard InChI is InChI=1S/C30H38N6O3/c1-30(2,3)36(29(38)39)18-15-22-13-16-35(17-14-22)26-11-9-25(10-12-26)33-28-32-20-24(21-37)27(34-28)31-19-23-7-5-4-6-8-23/h4-12,22H,13-20H2,1-3H3,(H,38,39)(H2,31,32,33,34). The summed E-state index contributed by atoms with van der Waals surface area (Å²) in [5, 5.41) is 16.0. The molecule has 1 amide bonds. The van der Waals surface area contributed by atoms with Gasteiger partial charge in [-0.05, 0) is 75.8 Å². The average Bonchev–Trinajstić information content (AvgIpc) is 2.92. The van der Waals surface area contributed by atoms with Gasteiger partial charge in [0.05, 0.1) is 12.1 Å². The molecular formula is C30H38N6O3. The van der Waals surface area contributed by atoms with E-state index in [-0.39, 0.29) is 12.1 Å². The summed E-state index contributed by atoms with van der Waals surface area (Å²) in [4.78, 5) is 35.8. The Morgan fingerprint density at radius 3 is 2.41 bits per heavy atom. The minimum absolute atomic E-state index is 0.222. The zero-order chi connectivity index (χ0) is 27.8. The molecule has 0 aliphatic carbocycles. The minimum Gasteiger partial charge on any atom is -0.465 e. The quantitative estimate of drug-likeness (QED) is 0.444. The summed E-state index contributed by atoms with van der Waals surface area (Å²) in [7, 11) is 0. The summed E-state index contributed by atoms with van der Waals surface area (Å²) in [5.74, 6) is 3.42. The Morgan fingerprint density at radius 1 is 1.10 bits per heavy atom. The predicted octanol–water partition coefficient (Wildman–Crippen LogP) is 4.80. The highest BCUT2D eigenvalue weighted by molar-refractivity contribution is 6.14. The summed E-state index contributed by atoms with van der Waals surface area (Å²) in [6.45, 7) is 9.08. The normalized spacial score (nSPS) is 16.2. The molecular weight excluding hydrogens is 492 g/mol. The first-order valence-electron chi connectivity index (χ1n) is 13.5. The van der Waals surface area contributed by atoms with Gasteiger partial charge in [0.15, 0.2) is 0 Å². The van der Waals surface area contributed by atoms with Crippen molar-refractivity contribution in [1.82, 2.24) is 10.2 Å². The Hall–Kier alpha value is -4.10. The van der Waals surface area contributed by atoms with E-state index < -0.39 is 6.09 Å². The lowest BCUT2D eigenvalue weighted by molar-refractivity contribution is 0.0949. The second kappa shape index (κ2) is 12.6. The maximum Gasteiger partial charge on any atom is 0.407 e. The minimum atomic E-state index is -0.848. The number of guanidine groups is 1. The molecule has 0 spiro atoms. The fraction of sp³-hybridized carbons (Fsp3) is 0.433. The van der Waals surface area contributed by atoms with Crippen molar-refractivity contribution in [3.05, 3.63) is 65.7 Å². The van der Waals surface area contributed by atoms with Crippen LogP contribution in [0.2, 0.25) is 0 Å². The SMILES string of the molecule is CC(C)(C)N(CCC1CCN(c2ccc(NC3=NCC(=C=O)C(NCc4ccccc4)=N3)cc2)CC1)C(=O)O. The second-order valence-corrected chi connectivity index (χ2v) is 11.0. The van der Waals surface area contributed by atoms with Gasteiger partial charge in [-0.3, -0.25) is 0 Å². The molecule has 1 saturated heterocycles. The van der Waals surface area contributed by atoms with Gasteiger partial charge in [0, 0.05) is 43.1 Å². The zero-order valence-electron chi connectivity index (χ0n) is 23.0. The van der Waals surface area contributed by atoms with Crippen molar-refractivity contribution in [2.75, 3.05) is 36.4 Å². The molecule has 9 nitrogen and oxygen atoms in total. The molecule has 0 radical (unpaired) electrons. The highest BCUT2D eigenvalue weighted by Crippen LogP contribution is 2.27. The van der Waals surface area contributed by atoms with Gasteiger partial charge in [0.25, 0.3) is 0 Å². The van der Waals surface area contributed by atoms with Crippen LogP contribution in [0.5, 0.6) is 0 Å². The van der Waals surface area contributed by atoms with E-state index in [2.05, 4.69) is 37.7 Å². The molecule has 206 valence electrons. The van der Waals surface area contributed by atoms with E-state index in [1.807, 2.05) is 69.2 Å². The summed E-state index contributed by atoms with van der Waals surface area (Å²) >= 11 is 0. The van der Waals surface area contributed by atoms with Crippen molar-refractivity contribution in [3.8, 4) is 0 Å². The Labute approximate surface area is 230 Å². The van der Waals surface area contributed by atoms with Crippen molar-refractivity contribution in [3.63, 3.8) is 0 Å². The number of nitrogens with one attached hydrogen (secondary N) is 2. The maximum absolute atomic E-state index is 11.6. The van der Waals surface area contributed by atoms with E-state index in [1.165, 1.54) is 0 Å². The molecule has 9 heteroatoms. The third-order valence-electron chi connectivity index (χ3n) is 7.22. The zero-order valence-corrected chi connectivity index (χ0v) is 23.0. The molecule has 0 saturated carbocycles. The molecule has 0 aromatic heterocycles. The number of amidine groups is 1. The lowest BCUT2D eigenvalue weighted by Crippen LogP contribution is -2.46. The number of nitrogens with zero attached hydrogens (tertiary/aromatic N) is 4. The molecule has 2 heterocycles. The van der Waals surface area contributed by atoms with E-state index in [4.69, 9.17) is 0 Å². The summed E-state index contributed by atoms with van der Waals surface area (Å²) in [6.07, 6.45) is 2.15. The fourth-order valence-electron chi connectivity index (χ4n) is 4.91. The van der Waals surface area contributed by atoms with E-state index >= 15 is 0 Å². The van der Waals surface area contributed by atoms with E-state index in [9.17, 15) is 14.7 Å². The number of carbonyl (C=O) groups is 1. The molecule has 0 atom stereocenters. The number of rotatable bonds is 7. The summed E-state index contributed by atoms with van der Waals surface area (Å²) < 4.78 is 0. The lowest BCUT2D eigenvalue weighted by atomic mass is 9.92. The van der Waals surface area contributed by atoms with Crippen molar-refractivity contribution in [1.29, 1.82) is 0 Å². The molecule has 3 N–H and O–H groups in total. The average molecular weight is 531 g/mol. The first-order valence-corrected chi connectivity index (χ1v) is 13.5. The van der Waals surface area contributed by atoms with Crippen molar-refractivity contribution in [2.45, 2.75) is 52.1 Å². The van der Waals surface area contributed by atoms with Crippen LogP contribution in [0.1, 0.15) is 45.6 Å². The third kappa shape index (κ3) is 7.71. The van der Waals surface area contributed by atoms with Gasteiger partial charge in [-0.2, -0.15) is 4.99 Å². The molecule has 39 heavy (non-hydrogen) atoms. The van der Waals surface area contributed by atoms with Gasteiger partial charge in [-0.15, -0.1) is 0 Å². The Bertz CT molecular complexity index is 1240. The molecule has 0 unspecified atom stereocenters. The van der Waals surface area contributed by atoms with Crippen LogP contribution >= 0.6 is 0 Å². The van der Waals surface area contributed by atoms with E-state index in [1.54, 1.807) is 4.90 Å². The first-order chi connectivity index (χ1) is 18.7. The number of anilines is 2. The number of benzene rings is 2. The number of hydrogen-bond acceptors (Lipinski definition) is 7. The van der Waals surface area contributed by atoms with Crippen molar-refractivity contribution in [2.24, 2.45) is 15.9 Å². The van der Waals surface area contributed by atoms with Crippen LogP contribution in [-0.2, 0) is 11.3 Å². The molecule has 2 aliphatic rings. The van der Waals surface area contributed by atoms with Crippen molar-refractivity contribution >= 4 is 35.2 Å². The molecule has 1 fully saturated rings. The maximum atomic E-state index is 11.6. The van der Waals surface area contributed by atoms with Gasteiger partial charge < -0.3 is 25.5 Å². The molecule has 2 aliphatic heterocycles. The predicted molar refractivity (Wildman–Crippen MR) is 156 cm³/mol. The first kappa shape index (κ1) is 27.9. The number of carboxylic acid groups (broad SMARTS) is 1. The van der Waals surface area contributed by atoms with Crippen LogP contribution in [0.25, 0.3) is 0 Å². The number of amides is 1. The number of piperidine rings is 1. The topological polar surface area (TPSA) is 110 Å². The van der Waals surface area contributed by atoms with E-state index in [0.29, 0.717) is 36.4 Å². The highest BCUT2D eigenvalue weighted by atomic mass is 16.4. The van der Waals surface area contributed by atoms with Gasteiger partial charge in [-0.25, -0.2) is 14.6 Å². The second-order valence-electron chi connectivity index (χ2n) is 11.0. The Kier molecular flexibility index (Phi) is 9.04.